The van der Waals surface area contributed by atoms with Crippen molar-refractivity contribution in [1.82, 2.24) is 14.7 Å². The van der Waals surface area contributed by atoms with Gasteiger partial charge in [-0.3, -0.25) is 4.79 Å². The minimum Gasteiger partial charge on any atom is -0.477 e. The average molecular weight is 357 g/mol. The number of aliphatic carboxylic acids is 1. The Kier molecular flexibility index (Phi) is 4.39. The van der Waals surface area contributed by atoms with Crippen LogP contribution in [0.25, 0.3) is 0 Å². The Morgan fingerprint density at radius 1 is 1.57 bits per heavy atom. The van der Waals surface area contributed by atoms with Crippen molar-refractivity contribution in [3.8, 4) is 0 Å². The number of carbonyl (C=O) groups is 2. The summed E-state index contributed by atoms with van der Waals surface area (Å²) in [5.41, 5.74) is 1.13. The van der Waals surface area contributed by atoms with Crippen LogP contribution in [0.1, 0.15) is 13.8 Å². The minimum atomic E-state index is -1.08. The summed E-state index contributed by atoms with van der Waals surface area (Å²) >= 11 is 2.92. The third-order valence-corrected chi connectivity index (χ3v) is 6.59. The highest BCUT2D eigenvalue weighted by atomic mass is 32.2. The number of rotatable bonds is 5. The molecule has 4 atom stereocenters. The van der Waals surface area contributed by atoms with Crippen LogP contribution in [0.15, 0.2) is 21.7 Å². The van der Waals surface area contributed by atoms with E-state index in [0.29, 0.717) is 10.7 Å². The molecular weight excluding hydrogens is 338 g/mol. The monoisotopic (exact) mass is 357 g/mol. The molecule has 3 N–H and O–H groups in total. The molecule has 0 spiro atoms. The summed E-state index contributed by atoms with van der Waals surface area (Å²) in [5.74, 6) is -1.35. The smallest absolute Gasteiger partial charge is 0.353 e. The maximum Gasteiger partial charge on any atom is 0.353 e. The molecule has 3 heterocycles. The zero-order valence-corrected chi connectivity index (χ0v) is 14.6. The van der Waals surface area contributed by atoms with Crippen molar-refractivity contribution in [3.05, 3.63) is 21.7 Å². The molecule has 0 aromatic rings. The fraction of sp³-hybridized carbons (Fsp3) is 0.571. The van der Waals surface area contributed by atoms with Crippen LogP contribution in [0.2, 0.25) is 0 Å². The van der Waals surface area contributed by atoms with E-state index in [-0.39, 0.29) is 23.6 Å². The summed E-state index contributed by atoms with van der Waals surface area (Å²) in [7, 11) is 1.90. The number of amides is 1. The van der Waals surface area contributed by atoms with Gasteiger partial charge >= 0.3 is 5.97 Å². The van der Waals surface area contributed by atoms with Gasteiger partial charge in [-0.1, -0.05) is 6.92 Å². The molecule has 3 rings (SSSR count). The van der Waals surface area contributed by atoms with Crippen molar-refractivity contribution in [3.63, 3.8) is 0 Å². The maximum absolute atomic E-state index is 12.2. The number of aliphatic hydroxyl groups is 1. The number of carbonyl (C=O) groups excluding carboxylic acids is 1. The van der Waals surface area contributed by atoms with Crippen molar-refractivity contribution in [2.75, 3.05) is 12.8 Å². The van der Waals surface area contributed by atoms with E-state index >= 15 is 0 Å². The fourth-order valence-corrected chi connectivity index (χ4v) is 5.43. The fourth-order valence-electron chi connectivity index (χ4n) is 3.31. The number of hydrazine groups is 1. The zero-order chi connectivity index (χ0) is 16.9. The highest BCUT2D eigenvalue weighted by Crippen LogP contribution is 2.50. The molecule has 23 heavy (non-hydrogen) atoms. The first-order valence-corrected chi connectivity index (χ1v) is 9.16. The number of carboxylic acids is 1. The molecule has 1 fully saturated rings. The van der Waals surface area contributed by atoms with Gasteiger partial charge in [-0.05, 0) is 18.9 Å². The van der Waals surface area contributed by atoms with Crippen LogP contribution < -0.4 is 4.83 Å². The number of nitrogens with one attached hydrogen (secondary N) is 1. The van der Waals surface area contributed by atoms with E-state index in [1.165, 1.54) is 28.6 Å². The summed E-state index contributed by atoms with van der Waals surface area (Å²) in [6.07, 6.45) is -0.769. The maximum atomic E-state index is 12.2. The Morgan fingerprint density at radius 2 is 2.26 bits per heavy atom. The van der Waals surface area contributed by atoms with E-state index in [9.17, 15) is 19.8 Å². The second-order valence-corrected chi connectivity index (χ2v) is 7.61. The van der Waals surface area contributed by atoms with Crippen LogP contribution in [0, 0.1) is 11.8 Å². The summed E-state index contributed by atoms with van der Waals surface area (Å²) < 4.78 is 0. The molecule has 0 aromatic heterocycles. The van der Waals surface area contributed by atoms with Crippen LogP contribution in [-0.2, 0) is 9.59 Å². The van der Waals surface area contributed by atoms with E-state index in [0.717, 1.165) is 5.70 Å². The number of nitrogens with zero attached hydrogens (tertiary/aromatic N) is 2. The highest BCUT2D eigenvalue weighted by molar-refractivity contribution is 8.03. The molecule has 3 aliphatic rings. The van der Waals surface area contributed by atoms with Gasteiger partial charge in [0.25, 0.3) is 0 Å². The predicted octanol–water partition coefficient (Wildman–Crippen LogP) is 0.813. The second-order valence-electron chi connectivity index (χ2n) is 5.94. The van der Waals surface area contributed by atoms with Gasteiger partial charge in [0.1, 0.15) is 5.70 Å². The van der Waals surface area contributed by atoms with Crippen molar-refractivity contribution < 1.29 is 19.8 Å². The average Bonchev–Trinajstić information content (AvgIpc) is 2.97. The first-order chi connectivity index (χ1) is 10.8. The van der Waals surface area contributed by atoms with Gasteiger partial charge in [-0.15, -0.1) is 11.8 Å². The van der Waals surface area contributed by atoms with E-state index in [1.54, 1.807) is 6.92 Å². The van der Waals surface area contributed by atoms with Crippen LogP contribution in [-0.4, -0.2) is 56.9 Å². The quantitative estimate of drug-likeness (QED) is 0.492. The lowest BCUT2D eigenvalue weighted by Crippen LogP contribution is -2.63. The third kappa shape index (κ3) is 2.55. The molecule has 0 aromatic carbocycles. The first kappa shape index (κ1) is 16.7. The standard InChI is InChI=1S/C14H19N3O4S2/c1-6-10-9(7(2)18)13(19)17(10)11(14(20)21)12(6)22-4-8-5-23-15-16(8)3/h5-7,9-10,15,18H,4H2,1-3H3,(H,20,21)/t6-,7-,9-,10+/m1/s1. The largest absolute Gasteiger partial charge is 0.477 e. The Morgan fingerprint density at radius 3 is 2.78 bits per heavy atom. The summed E-state index contributed by atoms with van der Waals surface area (Å²) in [4.78, 5) is 29.0. The number of β-lactam (4-membered cyclic amide) rings is 1. The molecule has 1 saturated heterocycles. The number of hydrogen-bond donors (Lipinski definition) is 3. The third-order valence-electron chi connectivity index (χ3n) is 4.50. The molecule has 0 radical (unpaired) electrons. The minimum absolute atomic E-state index is 0.0799. The number of fused-ring (bicyclic) bond motifs is 1. The second kappa shape index (κ2) is 6.04. The Hall–Kier alpha value is -1.16. The lowest BCUT2D eigenvalue weighted by Gasteiger charge is -2.46. The van der Waals surface area contributed by atoms with Gasteiger partial charge in [0.05, 0.1) is 18.1 Å². The van der Waals surface area contributed by atoms with Crippen LogP contribution in [0.3, 0.4) is 0 Å². The summed E-state index contributed by atoms with van der Waals surface area (Å²) in [5, 5.41) is 23.2. The summed E-state index contributed by atoms with van der Waals surface area (Å²) in [6.45, 7) is 3.51. The van der Waals surface area contributed by atoms with E-state index in [2.05, 4.69) is 4.83 Å². The normalized spacial score (nSPS) is 31.2. The van der Waals surface area contributed by atoms with Crippen LogP contribution in [0.5, 0.6) is 0 Å². The van der Waals surface area contributed by atoms with Crippen molar-refractivity contribution in [1.29, 1.82) is 0 Å². The van der Waals surface area contributed by atoms with Gasteiger partial charge in [0, 0.05) is 34.7 Å². The molecule has 126 valence electrons. The number of hydrogen-bond acceptors (Lipinski definition) is 7. The Bertz CT molecular complexity index is 619. The molecule has 0 saturated carbocycles. The van der Waals surface area contributed by atoms with Crippen molar-refractivity contribution in [2.24, 2.45) is 11.8 Å². The van der Waals surface area contributed by atoms with E-state index < -0.39 is 18.0 Å². The molecule has 1 amide bonds. The molecule has 9 heteroatoms. The zero-order valence-electron chi connectivity index (χ0n) is 13.0. The molecule has 0 bridgehead atoms. The SMILES string of the molecule is C[C@@H](O)[C@H]1C(=O)N2C(C(=O)O)=C(SCC3=CSNN3C)[C@H](C)[C@@H]12. The van der Waals surface area contributed by atoms with Crippen molar-refractivity contribution in [2.45, 2.75) is 26.0 Å². The lowest BCUT2D eigenvalue weighted by molar-refractivity contribution is -0.163. The van der Waals surface area contributed by atoms with Crippen molar-refractivity contribution >= 4 is 35.6 Å². The van der Waals surface area contributed by atoms with Gasteiger partial charge < -0.3 is 20.1 Å². The number of aliphatic hydroxyl groups excluding tert-OH is 1. The van der Waals surface area contributed by atoms with Gasteiger partial charge in [-0.25, -0.2) is 4.79 Å². The van der Waals surface area contributed by atoms with E-state index in [1.807, 2.05) is 24.4 Å². The highest BCUT2D eigenvalue weighted by Gasteiger charge is 2.59. The van der Waals surface area contributed by atoms with Gasteiger partial charge in [0.2, 0.25) is 5.91 Å². The number of thioether (sulfide) groups is 1. The lowest BCUT2D eigenvalue weighted by atomic mass is 9.79. The topological polar surface area (TPSA) is 93.1 Å². The van der Waals surface area contributed by atoms with Gasteiger partial charge in [0.15, 0.2) is 0 Å². The Labute approximate surface area is 142 Å². The van der Waals surface area contributed by atoms with Crippen LogP contribution >= 0.6 is 23.7 Å². The Balaban J connectivity index is 1.83. The molecular formula is C14H19N3O4S2. The molecule has 7 nitrogen and oxygen atoms in total. The molecule has 3 aliphatic heterocycles. The predicted molar refractivity (Wildman–Crippen MR) is 88.7 cm³/mol. The summed E-state index contributed by atoms with van der Waals surface area (Å²) in [6, 6.07) is -0.251. The van der Waals surface area contributed by atoms with E-state index in [4.69, 9.17) is 0 Å². The van der Waals surface area contributed by atoms with Crippen LogP contribution in [0.4, 0.5) is 0 Å². The molecule has 0 aliphatic carbocycles. The first-order valence-electron chi connectivity index (χ1n) is 7.30. The molecule has 0 unspecified atom stereocenters. The number of carboxylic acid groups (broad SMARTS) is 1. The van der Waals surface area contributed by atoms with Gasteiger partial charge in [-0.2, -0.15) is 4.83 Å².